The van der Waals surface area contributed by atoms with Gasteiger partial charge in [-0.05, 0) is 31.2 Å². The predicted molar refractivity (Wildman–Crippen MR) is 78.5 cm³/mol. The van der Waals surface area contributed by atoms with Gasteiger partial charge in [0.25, 0.3) is 0 Å². The van der Waals surface area contributed by atoms with E-state index in [-0.39, 0.29) is 0 Å². The molecule has 0 spiro atoms. The minimum absolute atomic E-state index is 0.353. The van der Waals surface area contributed by atoms with Crippen molar-refractivity contribution in [2.75, 3.05) is 17.2 Å². The molecule has 1 aliphatic carbocycles. The zero-order valence-electron chi connectivity index (χ0n) is 10.8. The Bertz CT molecular complexity index is 430. The molecular formula is C13H19Cl2N3. The molecule has 100 valence electrons. The number of hydrogen-bond acceptors (Lipinski definition) is 3. The van der Waals surface area contributed by atoms with Crippen molar-refractivity contribution in [3.05, 3.63) is 16.1 Å². The molecule has 0 amide bonds. The molecule has 2 rings (SSSR count). The quantitative estimate of drug-likeness (QED) is 0.891. The van der Waals surface area contributed by atoms with Crippen molar-refractivity contribution in [3.8, 4) is 0 Å². The predicted octanol–water partition coefficient (Wildman–Crippen LogP) is 3.99. The summed E-state index contributed by atoms with van der Waals surface area (Å²) < 4.78 is 0. The summed E-state index contributed by atoms with van der Waals surface area (Å²) in [6.45, 7) is 5.41. The number of pyridine rings is 1. The van der Waals surface area contributed by atoms with E-state index in [2.05, 4.69) is 23.7 Å². The van der Waals surface area contributed by atoms with Crippen molar-refractivity contribution >= 4 is 34.8 Å². The fraction of sp³-hybridized carbons (Fsp3) is 0.615. The summed E-state index contributed by atoms with van der Waals surface area (Å²) in [4.78, 5) is 6.62. The van der Waals surface area contributed by atoms with E-state index in [1.165, 1.54) is 12.8 Å². The molecule has 0 aromatic carbocycles. The van der Waals surface area contributed by atoms with Crippen LogP contribution in [0.3, 0.4) is 0 Å². The molecule has 3 nitrogen and oxygen atoms in total. The minimum Gasteiger partial charge on any atom is -0.382 e. The van der Waals surface area contributed by atoms with E-state index >= 15 is 0 Å². The van der Waals surface area contributed by atoms with Crippen molar-refractivity contribution < 1.29 is 0 Å². The Morgan fingerprint density at radius 1 is 1.39 bits per heavy atom. The van der Waals surface area contributed by atoms with Gasteiger partial charge in [0.1, 0.15) is 11.6 Å². The lowest BCUT2D eigenvalue weighted by atomic mass is 10.1. The lowest BCUT2D eigenvalue weighted by molar-refractivity contribution is 0.568. The fourth-order valence-electron chi connectivity index (χ4n) is 1.92. The lowest BCUT2D eigenvalue weighted by Crippen LogP contribution is -2.29. The van der Waals surface area contributed by atoms with E-state index in [4.69, 9.17) is 28.9 Å². The molecule has 1 heterocycles. The van der Waals surface area contributed by atoms with Crippen LogP contribution in [0.25, 0.3) is 0 Å². The second kappa shape index (κ2) is 5.54. The Kier molecular flexibility index (Phi) is 4.23. The van der Waals surface area contributed by atoms with Crippen LogP contribution in [0.15, 0.2) is 6.07 Å². The van der Waals surface area contributed by atoms with Gasteiger partial charge in [-0.15, -0.1) is 0 Å². The third-order valence-corrected chi connectivity index (χ3v) is 3.73. The van der Waals surface area contributed by atoms with Crippen LogP contribution in [-0.4, -0.2) is 17.6 Å². The molecule has 0 aliphatic heterocycles. The van der Waals surface area contributed by atoms with E-state index in [0.717, 1.165) is 18.8 Å². The molecule has 0 bridgehead atoms. The van der Waals surface area contributed by atoms with Gasteiger partial charge in [-0.1, -0.05) is 37.0 Å². The van der Waals surface area contributed by atoms with Crippen molar-refractivity contribution in [3.63, 3.8) is 0 Å². The number of nitrogens with zero attached hydrogens (tertiary/aromatic N) is 2. The van der Waals surface area contributed by atoms with E-state index in [9.17, 15) is 0 Å². The second-order valence-electron chi connectivity index (χ2n) is 5.27. The van der Waals surface area contributed by atoms with E-state index in [1.54, 1.807) is 6.07 Å². The number of anilines is 2. The molecule has 1 aliphatic rings. The Morgan fingerprint density at radius 2 is 2.06 bits per heavy atom. The summed E-state index contributed by atoms with van der Waals surface area (Å²) in [6.07, 6.45) is 3.54. The van der Waals surface area contributed by atoms with Crippen LogP contribution >= 0.6 is 23.2 Å². The number of nitrogens with two attached hydrogens (primary N) is 1. The Labute approximate surface area is 118 Å². The molecule has 1 fully saturated rings. The molecule has 1 saturated carbocycles. The molecule has 0 saturated heterocycles. The molecule has 5 heteroatoms. The molecule has 0 unspecified atom stereocenters. The topological polar surface area (TPSA) is 42.2 Å². The third kappa shape index (κ3) is 3.21. The van der Waals surface area contributed by atoms with Crippen molar-refractivity contribution in [1.82, 2.24) is 4.98 Å². The van der Waals surface area contributed by atoms with Gasteiger partial charge < -0.3 is 10.6 Å². The van der Waals surface area contributed by atoms with Gasteiger partial charge in [-0.25, -0.2) is 4.98 Å². The monoisotopic (exact) mass is 287 g/mol. The molecular weight excluding hydrogens is 269 g/mol. The lowest BCUT2D eigenvalue weighted by Gasteiger charge is -2.25. The fourth-order valence-corrected chi connectivity index (χ4v) is 2.38. The Hall–Kier alpha value is -0.670. The zero-order valence-corrected chi connectivity index (χ0v) is 12.3. The molecule has 1 aromatic rings. The van der Waals surface area contributed by atoms with Crippen LogP contribution in [0.2, 0.25) is 10.0 Å². The summed E-state index contributed by atoms with van der Waals surface area (Å²) in [5.41, 5.74) is 5.78. The Morgan fingerprint density at radius 3 is 2.61 bits per heavy atom. The first-order valence-electron chi connectivity index (χ1n) is 6.37. The maximum atomic E-state index is 6.24. The van der Waals surface area contributed by atoms with Crippen LogP contribution in [0, 0.1) is 5.92 Å². The Balaban J connectivity index is 2.22. The van der Waals surface area contributed by atoms with Crippen LogP contribution in [-0.2, 0) is 0 Å². The molecule has 2 N–H and O–H groups in total. The molecule has 18 heavy (non-hydrogen) atoms. The normalized spacial score (nSPS) is 15.2. The van der Waals surface area contributed by atoms with Crippen molar-refractivity contribution in [1.29, 1.82) is 0 Å². The summed E-state index contributed by atoms with van der Waals surface area (Å²) in [7, 11) is 0. The highest BCUT2D eigenvalue weighted by Gasteiger charge is 2.31. The van der Waals surface area contributed by atoms with Gasteiger partial charge in [0.05, 0.1) is 10.0 Å². The largest absolute Gasteiger partial charge is 0.382 e. The number of halogens is 2. The van der Waals surface area contributed by atoms with E-state index < -0.39 is 0 Å². The highest BCUT2D eigenvalue weighted by molar-refractivity contribution is 6.37. The zero-order chi connectivity index (χ0) is 13.3. The maximum absolute atomic E-state index is 6.24. The average molecular weight is 288 g/mol. The van der Waals surface area contributed by atoms with Gasteiger partial charge in [0, 0.05) is 12.6 Å². The van der Waals surface area contributed by atoms with Gasteiger partial charge >= 0.3 is 0 Å². The maximum Gasteiger partial charge on any atom is 0.150 e. The van der Waals surface area contributed by atoms with Gasteiger partial charge in [-0.3, -0.25) is 0 Å². The van der Waals surface area contributed by atoms with Gasteiger partial charge in [0.15, 0.2) is 0 Å². The second-order valence-corrected chi connectivity index (χ2v) is 6.08. The summed E-state index contributed by atoms with van der Waals surface area (Å²) in [6, 6.07) is 2.25. The van der Waals surface area contributed by atoms with E-state index in [0.29, 0.717) is 27.8 Å². The van der Waals surface area contributed by atoms with E-state index in [1.807, 2.05) is 0 Å². The number of nitrogen functional groups attached to an aromatic ring is 1. The standard InChI is InChI=1S/C13H19Cl2N3/c1-8(2)5-6-18(9-3-4-9)13-11(15)7-10(14)12(16)17-13/h7-9H,3-6H2,1-2H3,(H2,16,17). The highest BCUT2D eigenvalue weighted by Crippen LogP contribution is 2.37. The van der Waals surface area contributed by atoms with Crippen LogP contribution in [0.1, 0.15) is 33.1 Å². The first kappa shape index (κ1) is 13.8. The molecule has 1 aromatic heterocycles. The molecule has 0 atom stereocenters. The SMILES string of the molecule is CC(C)CCN(c1nc(N)c(Cl)cc1Cl)C1CC1. The number of aromatic nitrogens is 1. The minimum atomic E-state index is 0.353. The van der Waals surface area contributed by atoms with Crippen molar-refractivity contribution in [2.45, 2.75) is 39.2 Å². The smallest absolute Gasteiger partial charge is 0.150 e. The molecule has 0 radical (unpaired) electrons. The van der Waals surface area contributed by atoms with Crippen LogP contribution in [0.5, 0.6) is 0 Å². The average Bonchev–Trinajstić information content (AvgIpc) is 3.09. The number of rotatable bonds is 5. The third-order valence-electron chi connectivity index (χ3n) is 3.15. The van der Waals surface area contributed by atoms with Crippen LogP contribution < -0.4 is 10.6 Å². The first-order valence-corrected chi connectivity index (χ1v) is 7.12. The summed E-state index contributed by atoms with van der Waals surface area (Å²) in [5, 5.41) is 1.01. The summed E-state index contributed by atoms with van der Waals surface area (Å²) >= 11 is 12.2. The van der Waals surface area contributed by atoms with Crippen LogP contribution in [0.4, 0.5) is 11.6 Å². The summed E-state index contributed by atoms with van der Waals surface area (Å²) in [5.74, 6) is 1.79. The van der Waals surface area contributed by atoms with Gasteiger partial charge in [-0.2, -0.15) is 0 Å². The number of hydrogen-bond donors (Lipinski definition) is 1. The first-order chi connectivity index (χ1) is 8.49. The van der Waals surface area contributed by atoms with Crippen molar-refractivity contribution in [2.24, 2.45) is 5.92 Å². The highest BCUT2D eigenvalue weighted by atomic mass is 35.5. The van der Waals surface area contributed by atoms with Gasteiger partial charge in [0.2, 0.25) is 0 Å².